The lowest BCUT2D eigenvalue weighted by Crippen LogP contribution is -2.22. The molecule has 0 bridgehead atoms. The summed E-state index contributed by atoms with van der Waals surface area (Å²) < 4.78 is 5.30. The van der Waals surface area contributed by atoms with Gasteiger partial charge >= 0.3 is 0 Å². The fourth-order valence-electron chi connectivity index (χ4n) is 2.83. The highest BCUT2D eigenvalue weighted by Gasteiger charge is 2.17. The van der Waals surface area contributed by atoms with Crippen LogP contribution in [0.1, 0.15) is 24.0 Å². The van der Waals surface area contributed by atoms with Crippen molar-refractivity contribution in [2.45, 2.75) is 25.7 Å². The number of hydrogen-bond donors (Lipinski definition) is 0. The molecule has 94 valence electrons. The summed E-state index contributed by atoms with van der Waals surface area (Å²) >= 11 is 0. The normalized spacial score (nSPS) is 19.9. The zero-order valence-corrected chi connectivity index (χ0v) is 11.2. The molecule has 0 saturated carbocycles. The van der Waals surface area contributed by atoms with Crippen LogP contribution in [0.15, 0.2) is 18.2 Å². The monoisotopic (exact) mass is 233 g/mol. The molecule has 0 aromatic heterocycles. The summed E-state index contributed by atoms with van der Waals surface area (Å²) in [6, 6.07) is 6.56. The van der Waals surface area contributed by atoms with E-state index in [9.17, 15) is 0 Å². The molecule has 1 unspecified atom stereocenters. The number of aryl methyl sites for hydroxylation is 1. The van der Waals surface area contributed by atoms with E-state index in [1.165, 1.54) is 43.4 Å². The van der Waals surface area contributed by atoms with Gasteiger partial charge in [0.05, 0.1) is 7.11 Å². The molecule has 0 N–H and O–H groups in total. The van der Waals surface area contributed by atoms with Gasteiger partial charge in [0.2, 0.25) is 0 Å². The topological polar surface area (TPSA) is 12.5 Å². The number of rotatable bonds is 3. The average molecular weight is 233 g/mol. The summed E-state index contributed by atoms with van der Waals surface area (Å²) in [4.78, 5) is 2.30. The van der Waals surface area contributed by atoms with E-state index in [4.69, 9.17) is 4.74 Å². The van der Waals surface area contributed by atoms with Gasteiger partial charge < -0.3 is 9.64 Å². The minimum Gasteiger partial charge on any atom is -0.497 e. The Morgan fingerprint density at radius 2 is 2.12 bits per heavy atom. The molecule has 1 aromatic rings. The van der Waals surface area contributed by atoms with E-state index in [0.717, 1.165) is 11.7 Å². The summed E-state index contributed by atoms with van der Waals surface area (Å²) in [5.41, 5.74) is 3.01. The molecule has 0 fully saturated rings. The number of hydrogen-bond acceptors (Lipinski definition) is 2. The van der Waals surface area contributed by atoms with Gasteiger partial charge in [-0.15, -0.1) is 0 Å². The fourth-order valence-corrected chi connectivity index (χ4v) is 2.83. The highest BCUT2D eigenvalue weighted by atomic mass is 16.5. The maximum atomic E-state index is 5.30. The summed E-state index contributed by atoms with van der Waals surface area (Å²) in [6.07, 6.45) is 5.07. The van der Waals surface area contributed by atoms with Crippen LogP contribution in [0.3, 0.4) is 0 Å². The van der Waals surface area contributed by atoms with Gasteiger partial charge in [-0.25, -0.2) is 0 Å². The van der Waals surface area contributed by atoms with E-state index in [2.05, 4.69) is 37.2 Å². The highest BCUT2D eigenvalue weighted by molar-refractivity contribution is 5.36. The number of nitrogens with zero attached hydrogens (tertiary/aromatic N) is 1. The van der Waals surface area contributed by atoms with Crippen LogP contribution in [-0.4, -0.2) is 32.6 Å². The van der Waals surface area contributed by atoms with E-state index in [-0.39, 0.29) is 0 Å². The molecule has 2 heteroatoms. The second-order valence-electron chi connectivity index (χ2n) is 5.36. The van der Waals surface area contributed by atoms with E-state index >= 15 is 0 Å². The average Bonchev–Trinajstić information content (AvgIpc) is 2.48. The standard InChI is InChI=1S/C15H23NO/c1-16(2)11-12-5-4-6-13-10-15(17-3)8-7-14(13)9-12/h7-8,10,12H,4-6,9,11H2,1-3H3. The van der Waals surface area contributed by atoms with Gasteiger partial charge in [0.1, 0.15) is 5.75 Å². The van der Waals surface area contributed by atoms with Crippen LogP contribution in [0.5, 0.6) is 5.75 Å². The number of methoxy groups -OCH3 is 1. The Morgan fingerprint density at radius 3 is 2.82 bits per heavy atom. The first kappa shape index (κ1) is 12.4. The lowest BCUT2D eigenvalue weighted by molar-refractivity contribution is 0.310. The third-order valence-corrected chi connectivity index (χ3v) is 3.60. The van der Waals surface area contributed by atoms with Crippen molar-refractivity contribution in [1.82, 2.24) is 4.90 Å². The molecule has 0 spiro atoms. The van der Waals surface area contributed by atoms with Crippen LogP contribution in [0.2, 0.25) is 0 Å². The second kappa shape index (κ2) is 5.54. The molecular weight excluding hydrogens is 210 g/mol. The zero-order valence-electron chi connectivity index (χ0n) is 11.2. The minimum absolute atomic E-state index is 0.805. The Kier molecular flexibility index (Phi) is 4.06. The molecule has 0 saturated heterocycles. The van der Waals surface area contributed by atoms with Crippen molar-refractivity contribution in [3.63, 3.8) is 0 Å². The molecule has 0 radical (unpaired) electrons. The Balaban J connectivity index is 2.14. The molecule has 2 rings (SSSR count). The van der Waals surface area contributed by atoms with Gasteiger partial charge in [-0.1, -0.05) is 6.07 Å². The van der Waals surface area contributed by atoms with E-state index in [1.807, 2.05) is 0 Å². The molecular formula is C15H23NO. The number of benzene rings is 1. The predicted octanol–water partition coefficient (Wildman–Crippen LogP) is 2.75. The van der Waals surface area contributed by atoms with Gasteiger partial charge in [0.25, 0.3) is 0 Å². The van der Waals surface area contributed by atoms with Gasteiger partial charge in [-0.3, -0.25) is 0 Å². The smallest absolute Gasteiger partial charge is 0.119 e. The molecule has 1 aliphatic carbocycles. The molecule has 0 aliphatic heterocycles. The SMILES string of the molecule is COc1ccc2c(c1)CCCC(CN(C)C)C2. The first-order valence-electron chi connectivity index (χ1n) is 6.49. The third kappa shape index (κ3) is 3.22. The first-order valence-corrected chi connectivity index (χ1v) is 6.49. The van der Waals surface area contributed by atoms with Crippen molar-refractivity contribution in [1.29, 1.82) is 0 Å². The maximum absolute atomic E-state index is 5.30. The molecule has 1 aromatic carbocycles. The Hall–Kier alpha value is -1.02. The quantitative estimate of drug-likeness (QED) is 0.744. The van der Waals surface area contributed by atoms with Crippen molar-refractivity contribution in [3.8, 4) is 5.75 Å². The molecule has 1 atom stereocenters. The first-order chi connectivity index (χ1) is 8.19. The van der Waals surface area contributed by atoms with Crippen molar-refractivity contribution in [2.75, 3.05) is 27.7 Å². The summed E-state index contributed by atoms with van der Waals surface area (Å²) in [7, 11) is 6.08. The predicted molar refractivity (Wildman–Crippen MR) is 71.7 cm³/mol. The maximum Gasteiger partial charge on any atom is 0.119 e. The third-order valence-electron chi connectivity index (χ3n) is 3.60. The van der Waals surface area contributed by atoms with Crippen LogP contribution in [0.25, 0.3) is 0 Å². The fraction of sp³-hybridized carbons (Fsp3) is 0.600. The van der Waals surface area contributed by atoms with Crippen LogP contribution < -0.4 is 4.74 Å². The van der Waals surface area contributed by atoms with E-state index in [1.54, 1.807) is 7.11 Å². The number of fused-ring (bicyclic) bond motifs is 1. The Labute approximate surface area is 105 Å². The van der Waals surface area contributed by atoms with Gasteiger partial charge in [0, 0.05) is 6.54 Å². The van der Waals surface area contributed by atoms with Crippen LogP contribution in [-0.2, 0) is 12.8 Å². The van der Waals surface area contributed by atoms with Crippen LogP contribution >= 0.6 is 0 Å². The van der Waals surface area contributed by atoms with Gasteiger partial charge in [-0.2, -0.15) is 0 Å². The summed E-state index contributed by atoms with van der Waals surface area (Å²) in [6.45, 7) is 1.20. The van der Waals surface area contributed by atoms with E-state index < -0.39 is 0 Å². The Bertz CT molecular complexity index is 373. The van der Waals surface area contributed by atoms with Crippen molar-refractivity contribution in [3.05, 3.63) is 29.3 Å². The highest BCUT2D eigenvalue weighted by Crippen LogP contribution is 2.27. The summed E-state index contributed by atoms with van der Waals surface area (Å²) in [5.74, 6) is 1.80. The zero-order chi connectivity index (χ0) is 12.3. The van der Waals surface area contributed by atoms with E-state index in [0.29, 0.717) is 0 Å². The molecule has 2 nitrogen and oxygen atoms in total. The van der Waals surface area contributed by atoms with Gasteiger partial charge in [-0.05, 0) is 69.0 Å². The number of ether oxygens (including phenoxy) is 1. The lowest BCUT2D eigenvalue weighted by Gasteiger charge is -2.19. The molecule has 0 heterocycles. The Morgan fingerprint density at radius 1 is 1.29 bits per heavy atom. The van der Waals surface area contributed by atoms with Crippen molar-refractivity contribution >= 4 is 0 Å². The van der Waals surface area contributed by atoms with Crippen LogP contribution in [0, 0.1) is 5.92 Å². The summed E-state index contributed by atoms with van der Waals surface area (Å²) in [5, 5.41) is 0. The van der Waals surface area contributed by atoms with Crippen molar-refractivity contribution in [2.24, 2.45) is 5.92 Å². The second-order valence-corrected chi connectivity index (χ2v) is 5.36. The minimum atomic E-state index is 0.805. The van der Waals surface area contributed by atoms with Crippen LogP contribution in [0.4, 0.5) is 0 Å². The molecule has 17 heavy (non-hydrogen) atoms. The molecule has 1 aliphatic rings. The van der Waals surface area contributed by atoms with Gasteiger partial charge in [0.15, 0.2) is 0 Å². The van der Waals surface area contributed by atoms with Crippen molar-refractivity contribution < 1.29 is 4.74 Å². The molecule has 0 amide bonds. The largest absolute Gasteiger partial charge is 0.497 e. The lowest BCUT2D eigenvalue weighted by atomic mass is 9.96.